The summed E-state index contributed by atoms with van der Waals surface area (Å²) in [4.78, 5) is 0. The van der Waals surface area contributed by atoms with Crippen molar-refractivity contribution in [2.24, 2.45) is 0 Å². The van der Waals surface area contributed by atoms with E-state index in [1.165, 1.54) is 37.5 Å². The molecule has 0 atom stereocenters. The molecule has 0 saturated heterocycles. The minimum absolute atomic E-state index is 0.00327. The average molecular weight is 507 g/mol. The molecule has 1 saturated carbocycles. The molecule has 0 N–H and O–H groups in total. The maximum Gasteiger partial charge on any atom is 0.248 e. The molecule has 6 heteroatoms. The van der Waals surface area contributed by atoms with Gasteiger partial charge in [0.25, 0.3) is 0 Å². The van der Waals surface area contributed by atoms with Crippen LogP contribution in [-0.2, 0) is 0 Å². The molecular formula is C30H32F6. The molecule has 0 bridgehead atoms. The molecule has 2 aromatic carbocycles. The molecule has 1 fully saturated rings. The highest BCUT2D eigenvalue weighted by atomic mass is 19.3. The Labute approximate surface area is 209 Å². The molecule has 0 spiro atoms. The van der Waals surface area contributed by atoms with Crippen molar-refractivity contribution in [3.05, 3.63) is 75.9 Å². The highest BCUT2D eigenvalue weighted by molar-refractivity contribution is 5.54. The van der Waals surface area contributed by atoms with Crippen LogP contribution in [0, 0.1) is 35.1 Å². The van der Waals surface area contributed by atoms with E-state index < -0.39 is 35.1 Å². The third kappa shape index (κ3) is 7.66. The largest absolute Gasteiger partial charge is 0.248 e. The van der Waals surface area contributed by atoms with Crippen LogP contribution >= 0.6 is 0 Å². The lowest BCUT2D eigenvalue weighted by molar-refractivity contribution is -0.0384. The van der Waals surface area contributed by atoms with Crippen molar-refractivity contribution in [1.29, 1.82) is 0 Å². The van der Waals surface area contributed by atoms with Gasteiger partial charge in [0.2, 0.25) is 5.92 Å². The number of alkyl halides is 2. The lowest BCUT2D eigenvalue weighted by Gasteiger charge is -2.28. The van der Waals surface area contributed by atoms with E-state index in [1.54, 1.807) is 6.08 Å². The summed E-state index contributed by atoms with van der Waals surface area (Å²) in [6, 6.07) is 4.76. The van der Waals surface area contributed by atoms with Crippen molar-refractivity contribution in [3.63, 3.8) is 0 Å². The Balaban J connectivity index is 1.65. The van der Waals surface area contributed by atoms with Crippen LogP contribution in [0.15, 0.2) is 30.3 Å². The van der Waals surface area contributed by atoms with Gasteiger partial charge < -0.3 is 0 Å². The molecule has 0 amide bonds. The number of benzene rings is 2. The second-order valence-electron chi connectivity index (χ2n) is 9.52. The van der Waals surface area contributed by atoms with Crippen LogP contribution in [0.3, 0.4) is 0 Å². The zero-order valence-electron chi connectivity index (χ0n) is 20.6. The number of halogens is 6. The van der Waals surface area contributed by atoms with E-state index in [2.05, 4.69) is 18.8 Å². The van der Waals surface area contributed by atoms with Gasteiger partial charge in [0.1, 0.15) is 11.6 Å². The third-order valence-corrected chi connectivity index (χ3v) is 6.70. The van der Waals surface area contributed by atoms with Crippen molar-refractivity contribution in [2.75, 3.05) is 0 Å². The predicted octanol–water partition coefficient (Wildman–Crippen LogP) is 9.70. The van der Waals surface area contributed by atoms with Crippen LogP contribution in [0.4, 0.5) is 26.3 Å². The van der Waals surface area contributed by atoms with Crippen molar-refractivity contribution in [2.45, 2.75) is 89.4 Å². The maximum atomic E-state index is 14.6. The Morgan fingerprint density at radius 2 is 1.50 bits per heavy atom. The van der Waals surface area contributed by atoms with Crippen LogP contribution in [0.25, 0.3) is 6.08 Å². The lowest BCUT2D eigenvalue weighted by Crippen LogP contribution is -2.24. The topological polar surface area (TPSA) is 0 Å². The fourth-order valence-corrected chi connectivity index (χ4v) is 4.53. The number of rotatable bonds is 9. The molecule has 0 aliphatic heterocycles. The molecule has 0 unspecified atom stereocenters. The number of allylic oxidation sites excluding steroid dienone is 1. The summed E-state index contributed by atoms with van der Waals surface area (Å²) in [6.07, 6.45) is 10.1. The summed E-state index contributed by atoms with van der Waals surface area (Å²) >= 11 is 0. The van der Waals surface area contributed by atoms with Crippen LogP contribution < -0.4 is 0 Å². The minimum Gasteiger partial charge on any atom is -0.207 e. The van der Waals surface area contributed by atoms with E-state index in [0.29, 0.717) is 0 Å². The summed E-state index contributed by atoms with van der Waals surface area (Å²) in [5.74, 6) is -2.19. The second-order valence-corrected chi connectivity index (χ2v) is 9.52. The van der Waals surface area contributed by atoms with Crippen molar-refractivity contribution in [1.82, 2.24) is 0 Å². The summed E-state index contributed by atoms with van der Waals surface area (Å²) in [6.45, 7) is 2.16. The summed E-state index contributed by atoms with van der Waals surface area (Å²) in [7, 11) is 0. The first kappa shape index (κ1) is 27.9. The van der Waals surface area contributed by atoms with E-state index in [1.807, 2.05) is 0 Å². The van der Waals surface area contributed by atoms with Gasteiger partial charge in [0, 0.05) is 24.0 Å². The molecule has 0 radical (unpaired) electrons. The van der Waals surface area contributed by atoms with Gasteiger partial charge in [0.15, 0.2) is 11.6 Å². The van der Waals surface area contributed by atoms with Gasteiger partial charge in [0.05, 0.1) is 5.56 Å². The lowest BCUT2D eigenvalue weighted by atomic mass is 9.82. The van der Waals surface area contributed by atoms with Gasteiger partial charge in [-0.2, -0.15) is 0 Å². The van der Waals surface area contributed by atoms with Crippen molar-refractivity contribution in [3.8, 4) is 11.8 Å². The molecule has 0 heterocycles. The zero-order valence-corrected chi connectivity index (χ0v) is 20.6. The van der Waals surface area contributed by atoms with Crippen molar-refractivity contribution >= 4 is 6.08 Å². The second kappa shape index (κ2) is 13.0. The predicted molar refractivity (Wildman–Crippen MR) is 132 cm³/mol. The molecule has 1 aliphatic carbocycles. The fourth-order valence-electron chi connectivity index (χ4n) is 4.53. The number of unbranched alkanes of at least 4 members (excludes halogenated alkanes) is 6. The first-order valence-corrected chi connectivity index (χ1v) is 12.7. The smallest absolute Gasteiger partial charge is 0.207 e. The Morgan fingerprint density at radius 1 is 0.861 bits per heavy atom. The average Bonchev–Trinajstić information content (AvgIpc) is 2.83. The molecular weight excluding hydrogens is 474 g/mol. The Hall–Kier alpha value is -2.68. The van der Waals surface area contributed by atoms with Gasteiger partial charge in [-0.1, -0.05) is 69.1 Å². The quantitative estimate of drug-likeness (QED) is 0.180. The van der Waals surface area contributed by atoms with E-state index in [4.69, 9.17) is 0 Å². The first-order chi connectivity index (χ1) is 17.2. The molecule has 0 aromatic heterocycles. The van der Waals surface area contributed by atoms with E-state index in [9.17, 15) is 26.3 Å². The molecule has 3 rings (SSSR count). The molecule has 2 aromatic rings. The summed E-state index contributed by atoms with van der Waals surface area (Å²) in [5, 5.41) is 0. The normalized spacial score (nSPS) is 15.8. The molecule has 1 aliphatic rings. The van der Waals surface area contributed by atoms with E-state index in [0.717, 1.165) is 37.8 Å². The number of hydrogen-bond acceptors (Lipinski definition) is 0. The highest BCUT2D eigenvalue weighted by Crippen LogP contribution is 2.42. The monoisotopic (exact) mass is 506 g/mol. The SMILES string of the molecule is CCCCCCCC/C=C/c1c(F)cc(C#Cc2ccc(C3CCC(F)(F)CC3)c(F)c2F)cc1F. The third-order valence-electron chi connectivity index (χ3n) is 6.70. The van der Waals surface area contributed by atoms with Crippen LogP contribution in [0.1, 0.15) is 106 Å². The van der Waals surface area contributed by atoms with Gasteiger partial charge in [-0.05, 0) is 55.4 Å². The van der Waals surface area contributed by atoms with E-state index >= 15 is 0 Å². The summed E-state index contributed by atoms with van der Waals surface area (Å²) < 4.78 is 84.9. The van der Waals surface area contributed by atoms with Gasteiger partial charge >= 0.3 is 0 Å². The van der Waals surface area contributed by atoms with Crippen LogP contribution in [0.5, 0.6) is 0 Å². The van der Waals surface area contributed by atoms with Gasteiger partial charge in [-0.15, -0.1) is 0 Å². The molecule has 194 valence electrons. The molecule has 0 nitrogen and oxygen atoms in total. The molecule has 36 heavy (non-hydrogen) atoms. The minimum atomic E-state index is -2.76. The van der Waals surface area contributed by atoms with Gasteiger partial charge in [-0.25, -0.2) is 26.3 Å². The zero-order chi connectivity index (χ0) is 26.1. The van der Waals surface area contributed by atoms with Crippen LogP contribution in [-0.4, -0.2) is 5.92 Å². The highest BCUT2D eigenvalue weighted by Gasteiger charge is 2.36. The fraction of sp³-hybridized carbons (Fsp3) is 0.467. The first-order valence-electron chi connectivity index (χ1n) is 12.7. The summed E-state index contributed by atoms with van der Waals surface area (Å²) in [5.41, 5.74) is -0.369. The van der Waals surface area contributed by atoms with E-state index in [-0.39, 0.29) is 47.9 Å². The maximum absolute atomic E-state index is 14.6. The Kier molecular flexibility index (Phi) is 10.1. The Bertz CT molecular complexity index is 1090. The van der Waals surface area contributed by atoms with Gasteiger partial charge in [-0.3, -0.25) is 0 Å². The standard InChI is InChI=1S/C30H32F6/c1-2-3-4-5-6-7-8-9-10-25-26(31)19-21(20-27(25)32)11-12-23-13-14-24(29(34)28(23)33)22-15-17-30(35,36)18-16-22/h9-10,13-14,19-20,22H,2-8,15-18H2,1H3/b10-9+. The Morgan fingerprint density at radius 3 is 2.17 bits per heavy atom. The van der Waals surface area contributed by atoms with Crippen molar-refractivity contribution < 1.29 is 26.3 Å². The van der Waals surface area contributed by atoms with Crippen LogP contribution in [0.2, 0.25) is 0 Å². The number of hydrogen-bond donors (Lipinski definition) is 0.